The van der Waals surface area contributed by atoms with Crippen LogP contribution in [0.15, 0.2) is 60.7 Å². The van der Waals surface area contributed by atoms with Crippen LogP contribution in [0.3, 0.4) is 0 Å². The Bertz CT molecular complexity index is 948. The van der Waals surface area contributed by atoms with Crippen LogP contribution in [0.2, 0.25) is 0 Å². The molecule has 2 N–H and O–H groups in total. The molecule has 192 valence electrons. The molecule has 1 amide bonds. The molecule has 3 rings (SSSR count). The van der Waals surface area contributed by atoms with E-state index in [9.17, 15) is 15.0 Å². The van der Waals surface area contributed by atoms with Crippen LogP contribution in [-0.2, 0) is 17.7 Å². The third kappa shape index (κ3) is 6.25. The van der Waals surface area contributed by atoms with E-state index in [-0.39, 0.29) is 42.5 Å². The van der Waals surface area contributed by atoms with Crippen molar-refractivity contribution in [1.82, 2.24) is 4.90 Å². The van der Waals surface area contributed by atoms with Gasteiger partial charge < -0.3 is 14.9 Å². The minimum absolute atomic E-state index is 0.0428. The Balaban J connectivity index is 2.05. The molecule has 0 aliphatic heterocycles. The lowest BCUT2D eigenvalue weighted by Crippen LogP contribution is -2.53. The summed E-state index contributed by atoms with van der Waals surface area (Å²) in [7, 11) is 0. The standard InChI is InChI=1S/C30H43NO4/c1-28(2,3)26-25(21-33)24(20-32)18-30(26,17-22-13-9-7-10-14-22)35-27(34)31(29(4,5)6)19-23-15-11-8-12-16-23/h7-16,24-26,32-33H,17-21H2,1-6H3. The van der Waals surface area contributed by atoms with Crippen molar-refractivity contribution >= 4 is 6.09 Å². The molecule has 5 nitrogen and oxygen atoms in total. The second-order valence-electron chi connectivity index (χ2n) is 12.2. The van der Waals surface area contributed by atoms with E-state index in [1.807, 2.05) is 69.3 Å². The first-order valence-electron chi connectivity index (χ1n) is 12.7. The minimum Gasteiger partial charge on any atom is -0.442 e. The topological polar surface area (TPSA) is 70.0 Å². The highest BCUT2D eigenvalue weighted by molar-refractivity contribution is 5.69. The monoisotopic (exact) mass is 481 g/mol. The van der Waals surface area contributed by atoms with Crippen LogP contribution in [0.1, 0.15) is 59.1 Å². The van der Waals surface area contributed by atoms with Gasteiger partial charge in [0.25, 0.3) is 0 Å². The van der Waals surface area contributed by atoms with Crippen LogP contribution in [0.25, 0.3) is 0 Å². The summed E-state index contributed by atoms with van der Waals surface area (Å²) in [6, 6.07) is 20.0. The van der Waals surface area contributed by atoms with Gasteiger partial charge in [0.1, 0.15) is 5.60 Å². The van der Waals surface area contributed by atoms with E-state index in [0.717, 1.165) is 11.1 Å². The van der Waals surface area contributed by atoms with Crippen molar-refractivity contribution in [2.45, 2.75) is 72.1 Å². The van der Waals surface area contributed by atoms with Gasteiger partial charge in [-0.15, -0.1) is 0 Å². The molecule has 4 unspecified atom stereocenters. The molecule has 0 radical (unpaired) electrons. The fourth-order valence-electron chi connectivity index (χ4n) is 6.11. The van der Waals surface area contributed by atoms with E-state index in [4.69, 9.17) is 4.74 Å². The molecule has 1 aliphatic rings. The van der Waals surface area contributed by atoms with E-state index in [2.05, 4.69) is 32.9 Å². The number of carbonyl (C=O) groups excluding carboxylic acids is 1. The van der Waals surface area contributed by atoms with Gasteiger partial charge in [-0.25, -0.2) is 4.79 Å². The van der Waals surface area contributed by atoms with Crippen LogP contribution in [0.5, 0.6) is 0 Å². The molecule has 1 fully saturated rings. The third-order valence-corrected chi connectivity index (χ3v) is 7.44. The normalized spacial score (nSPS) is 24.9. The maximum Gasteiger partial charge on any atom is 0.411 e. The number of amides is 1. The predicted octanol–water partition coefficient (Wildman–Crippen LogP) is 5.69. The molecule has 2 aromatic rings. The van der Waals surface area contributed by atoms with Crippen molar-refractivity contribution < 1.29 is 19.7 Å². The smallest absolute Gasteiger partial charge is 0.411 e. The maximum absolute atomic E-state index is 14.0. The zero-order chi connectivity index (χ0) is 25.9. The third-order valence-electron chi connectivity index (χ3n) is 7.44. The number of rotatable bonds is 7. The summed E-state index contributed by atoms with van der Waals surface area (Å²) in [6.07, 6.45) is 0.695. The average molecular weight is 482 g/mol. The first-order chi connectivity index (χ1) is 16.4. The maximum atomic E-state index is 14.0. The fourth-order valence-corrected chi connectivity index (χ4v) is 6.11. The quantitative estimate of drug-likeness (QED) is 0.533. The molecule has 1 aliphatic carbocycles. The summed E-state index contributed by atoms with van der Waals surface area (Å²) in [5.74, 6) is -0.425. The van der Waals surface area contributed by atoms with Gasteiger partial charge in [0.05, 0.1) is 0 Å². The van der Waals surface area contributed by atoms with E-state index < -0.39 is 11.1 Å². The summed E-state index contributed by atoms with van der Waals surface area (Å²) < 4.78 is 6.63. The van der Waals surface area contributed by atoms with E-state index in [1.54, 1.807) is 4.90 Å². The summed E-state index contributed by atoms with van der Waals surface area (Å²) in [5, 5.41) is 20.7. The molecular formula is C30H43NO4. The number of aliphatic hydroxyl groups excluding tert-OH is 2. The lowest BCUT2D eigenvalue weighted by Gasteiger charge is -2.46. The van der Waals surface area contributed by atoms with Crippen LogP contribution in [0, 0.1) is 23.2 Å². The molecule has 5 heteroatoms. The van der Waals surface area contributed by atoms with Crippen LogP contribution in [-0.4, -0.2) is 45.6 Å². The summed E-state index contributed by atoms with van der Waals surface area (Å²) in [4.78, 5) is 15.8. The minimum atomic E-state index is -0.850. The molecule has 1 saturated carbocycles. The van der Waals surface area contributed by atoms with Crippen molar-refractivity contribution in [3.05, 3.63) is 71.8 Å². The second kappa shape index (κ2) is 10.7. The first kappa shape index (κ1) is 27.2. The number of hydrogen-bond donors (Lipinski definition) is 2. The van der Waals surface area contributed by atoms with E-state index in [1.165, 1.54) is 0 Å². The Morgan fingerprint density at radius 2 is 1.46 bits per heavy atom. The van der Waals surface area contributed by atoms with E-state index >= 15 is 0 Å². The van der Waals surface area contributed by atoms with Crippen molar-refractivity contribution in [2.24, 2.45) is 23.2 Å². The van der Waals surface area contributed by atoms with Gasteiger partial charge in [-0.05, 0) is 55.6 Å². The zero-order valence-corrected chi connectivity index (χ0v) is 22.2. The summed E-state index contributed by atoms with van der Waals surface area (Å²) >= 11 is 0. The van der Waals surface area contributed by atoms with Gasteiger partial charge in [0, 0.05) is 37.6 Å². The van der Waals surface area contributed by atoms with Crippen molar-refractivity contribution in [1.29, 1.82) is 0 Å². The number of ether oxygens (including phenoxy) is 1. The SMILES string of the molecule is CC(C)(C)C1C(CO)C(CO)CC1(Cc1ccccc1)OC(=O)N(Cc1ccccc1)C(C)(C)C. The van der Waals surface area contributed by atoms with Gasteiger partial charge in [0.2, 0.25) is 0 Å². The number of carbonyl (C=O) groups is 1. The number of nitrogens with zero attached hydrogens (tertiary/aromatic N) is 1. The van der Waals surface area contributed by atoms with Crippen molar-refractivity contribution in [3.63, 3.8) is 0 Å². The van der Waals surface area contributed by atoms with Crippen molar-refractivity contribution in [2.75, 3.05) is 13.2 Å². The largest absolute Gasteiger partial charge is 0.442 e. The van der Waals surface area contributed by atoms with Gasteiger partial charge in [-0.2, -0.15) is 0 Å². The molecular weight excluding hydrogens is 438 g/mol. The molecule has 0 aromatic heterocycles. The fraction of sp³-hybridized carbons (Fsp3) is 0.567. The summed E-state index contributed by atoms with van der Waals surface area (Å²) in [5.41, 5.74) is 0.561. The molecule has 0 spiro atoms. The zero-order valence-electron chi connectivity index (χ0n) is 22.2. The Labute approximate surface area is 211 Å². The molecule has 0 saturated heterocycles. The van der Waals surface area contributed by atoms with Gasteiger partial charge in [-0.3, -0.25) is 4.90 Å². The van der Waals surface area contributed by atoms with Crippen LogP contribution >= 0.6 is 0 Å². The van der Waals surface area contributed by atoms with Crippen molar-refractivity contribution in [3.8, 4) is 0 Å². The molecule has 0 bridgehead atoms. The molecule has 2 aromatic carbocycles. The first-order valence-corrected chi connectivity index (χ1v) is 12.7. The Morgan fingerprint density at radius 1 is 0.914 bits per heavy atom. The Hall–Kier alpha value is -2.37. The van der Waals surface area contributed by atoms with Crippen LogP contribution in [0.4, 0.5) is 4.79 Å². The summed E-state index contributed by atoms with van der Waals surface area (Å²) in [6.45, 7) is 12.8. The molecule has 4 atom stereocenters. The Kier molecular flexibility index (Phi) is 8.33. The Morgan fingerprint density at radius 3 is 1.91 bits per heavy atom. The number of aliphatic hydroxyl groups is 2. The van der Waals surface area contributed by atoms with Gasteiger partial charge >= 0.3 is 6.09 Å². The number of benzene rings is 2. The van der Waals surface area contributed by atoms with Gasteiger partial charge in [0.15, 0.2) is 0 Å². The second-order valence-corrected chi connectivity index (χ2v) is 12.2. The lowest BCUT2D eigenvalue weighted by atomic mass is 9.66. The highest BCUT2D eigenvalue weighted by atomic mass is 16.6. The van der Waals surface area contributed by atoms with Gasteiger partial charge in [-0.1, -0.05) is 81.4 Å². The molecule has 35 heavy (non-hydrogen) atoms. The lowest BCUT2D eigenvalue weighted by molar-refractivity contribution is -0.0860. The van der Waals surface area contributed by atoms with Crippen LogP contribution < -0.4 is 0 Å². The average Bonchev–Trinajstić information content (AvgIpc) is 3.11. The highest BCUT2D eigenvalue weighted by Crippen LogP contribution is 2.55. The molecule has 0 heterocycles. The number of hydrogen-bond acceptors (Lipinski definition) is 4. The van der Waals surface area contributed by atoms with E-state index in [0.29, 0.717) is 19.4 Å². The highest BCUT2D eigenvalue weighted by Gasteiger charge is 2.59. The predicted molar refractivity (Wildman–Crippen MR) is 140 cm³/mol.